The monoisotopic (exact) mass is 391 g/mol. The van der Waals surface area contributed by atoms with Gasteiger partial charge in [-0.1, -0.05) is 0 Å². The lowest BCUT2D eigenvalue weighted by Crippen LogP contribution is -2.49. The van der Waals surface area contributed by atoms with Gasteiger partial charge in [-0.15, -0.1) is 0 Å². The molecule has 0 radical (unpaired) electrons. The maximum atomic E-state index is 13.3. The molecule has 3 heterocycles. The molecular weight excluding hydrogens is 370 g/mol. The summed E-state index contributed by atoms with van der Waals surface area (Å²) in [6.45, 7) is 3.66. The number of oxazole rings is 1. The molecule has 1 aliphatic heterocycles. The quantitative estimate of drug-likeness (QED) is 0.702. The van der Waals surface area contributed by atoms with Crippen LogP contribution in [0.1, 0.15) is 18.8 Å². The highest BCUT2D eigenvalue weighted by Gasteiger charge is 2.36. The highest BCUT2D eigenvalue weighted by molar-refractivity contribution is 7.89. The average Bonchev–Trinajstić information content (AvgIpc) is 3.22. The number of aryl methyl sites for hydroxylation is 2. The maximum absolute atomic E-state index is 13.3. The van der Waals surface area contributed by atoms with Crippen LogP contribution in [0.25, 0.3) is 11.1 Å². The lowest BCUT2D eigenvalue weighted by atomic mass is 10.2. The van der Waals surface area contributed by atoms with Gasteiger partial charge in [-0.25, -0.2) is 18.2 Å². The Hall–Kier alpha value is -2.43. The zero-order valence-corrected chi connectivity index (χ0v) is 15.9. The van der Waals surface area contributed by atoms with Crippen LogP contribution in [0, 0.1) is 0 Å². The van der Waals surface area contributed by atoms with Gasteiger partial charge in [0, 0.05) is 51.7 Å². The number of hydrogen-bond acceptors (Lipinski definition) is 6. The van der Waals surface area contributed by atoms with E-state index in [0.717, 1.165) is 0 Å². The molecule has 1 atom stereocenters. The van der Waals surface area contributed by atoms with Crippen LogP contribution in [0.3, 0.4) is 0 Å². The second-order valence-electron chi connectivity index (χ2n) is 6.47. The van der Waals surface area contributed by atoms with E-state index in [1.807, 2.05) is 18.5 Å². The van der Waals surface area contributed by atoms with Gasteiger partial charge in [-0.3, -0.25) is 4.57 Å². The van der Waals surface area contributed by atoms with Gasteiger partial charge in [0.25, 0.3) is 0 Å². The van der Waals surface area contributed by atoms with E-state index in [1.165, 1.54) is 21.0 Å². The fraction of sp³-hybridized carbons (Fsp3) is 0.412. The minimum absolute atomic E-state index is 0.105. The van der Waals surface area contributed by atoms with Gasteiger partial charge in [0.05, 0.1) is 16.5 Å². The summed E-state index contributed by atoms with van der Waals surface area (Å²) in [6, 6.07) is 4.16. The fourth-order valence-corrected chi connectivity index (χ4v) is 5.14. The first-order valence-corrected chi connectivity index (χ1v) is 10.2. The summed E-state index contributed by atoms with van der Waals surface area (Å²) < 4.78 is 36.7. The van der Waals surface area contributed by atoms with E-state index in [9.17, 15) is 13.2 Å². The van der Waals surface area contributed by atoms with Crippen molar-refractivity contribution in [3.8, 4) is 0 Å². The molecule has 1 N–H and O–H groups in total. The molecule has 10 heteroatoms. The molecule has 1 fully saturated rings. The van der Waals surface area contributed by atoms with Gasteiger partial charge in [-0.05, 0) is 19.1 Å². The van der Waals surface area contributed by atoms with Crippen LogP contribution in [0.4, 0.5) is 0 Å². The molecule has 3 aromatic rings. The third-order valence-corrected chi connectivity index (χ3v) is 6.82. The van der Waals surface area contributed by atoms with E-state index in [2.05, 4.69) is 10.3 Å². The Kier molecular flexibility index (Phi) is 4.41. The largest absolute Gasteiger partial charge is 0.419 e. The summed E-state index contributed by atoms with van der Waals surface area (Å²) in [5.74, 6) is 0.186. The lowest BCUT2D eigenvalue weighted by Gasteiger charge is -2.34. The van der Waals surface area contributed by atoms with E-state index in [4.69, 9.17) is 4.42 Å². The molecule has 1 saturated heterocycles. The molecule has 4 rings (SSSR count). The number of hydrogen-bond donors (Lipinski definition) is 1. The van der Waals surface area contributed by atoms with Crippen molar-refractivity contribution in [1.29, 1.82) is 0 Å². The molecule has 2 aromatic heterocycles. The first-order chi connectivity index (χ1) is 12.9. The van der Waals surface area contributed by atoms with Gasteiger partial charge >= 0.3 is 5.76 Å². The molecule has 0 spiro atoms. The number of piperazine rings is 1. The summed E-state index contributed by atoms with van der Waals surface area (Å²) in [5, 5.41) is 3.23. The van der Waals surface area contributed by atoms with Crippen LogP contribution in [0.15, 0.2) is 44.7 Å². The van der Waals surface area contributed by atoms with Crippen molar-refractivity contribution in [2.45, 2.75) is 24.4 Å². The van der Waals surface area contributed by atoms with Crippen LogP contribution >= 0.6 is 0 Å². The summed E-state index contributed by atoms with van der Waals surface area (Å²) in [5.41, 5.74) is 0.856. The maximum Gasteiger partial charge on any atom is 0.419 e. The molecule has 1 aliphatic rings. The molecule has 1 unspecified atom stereocenters. The Bertz CT molecular complexity index is 1140. The molecule has 0 aliphatic carbocycles. The number of fused-ring (bicyclic) bond motifs is 1. The van der Waals surface area contributed by atoms with Crippen LogP contribution < -0.4 is 11.1 Å². The molecule has 0 bridgehead atoms. The Morgan fingerprint density at radius 3 is 2.89 bits per heavy atom. The normalized spacial score (nSPS) is 19.0. The topological polar surface area (TPSA) is 102 Å². The van der Waals surface area contributed by atoms with Gasteiger partial charge in [0.15, 0.2) is 5.58 Å². The molecule has 9 nitrogen and oxygen atoms in total. The highest BCUT2D eigenvalue weighted by atomic mass is 32.2. The summed E-state index contributed by atoms with van der Waals surface area (Å²) in [4.78, 5) is 16.3. The Labute approximate surface area is 156 Å². The summed E-state index contributed by atoms with van der Waals surface area (Å²) in [7, 11) is -1.94. The van der Waals surface area contributed by atoms with Crippen LogP contribution in [-0.2, 0) is 23.6 Å². The van der Waals surface area contributed by atoms with Crippen LogP contribution in [0.5, 0.6) is 0 Å². The molecule has 1 aromatic carbocycles. The lowest BCUT2D eigenvalue weighted by molar-refractivity contribution is 0.258. The van der Waals surface area contributed by atoms with Crippen molar-refractivity contribution in [1.82, 2.24) is 23.7 Å². The van der Waals surface area contributed by atoms with Crippen molar-refractivity contribution in [3.05, 3.63) is 47.0 Å². The van der Waals surface area contributed by atoms with Crippen molar-refractivity contribution < 1.29 is 12.8 Å². The molecule has 27 heavy (non-hydrogen) atoms. The van der Waals surface area contributed by atoms with Crippen molar-refractivity contribution in [2.24, 2.45) is 7.05 Å². The molecule has 144 valence electrons. The molecular formula is C17H21N5O4S. The third-order valence-electron chi connectivity index (χ3n) is 4.91. The zero-order valence-electron chi connectivity index (χ0n) is 15.1. The van der Waals surface area contributed by atoms with Crippen LogP contribution in [-0.4, -0.2) is 46.5 Å². The second-order valence-corrected chi connectivity index (χ2v) is 8.36. The first kappa shape index (κ1) is 18.0. The van der Waals surface area contributed by atoms with E-state index in [-0.39, 0.29) is 10.5 Å². The standard InChI is InChI=1S/C17H21N5O4S/c1-3-21-13-5-4-12(10-15(13)26-17(21)23)27(24,25)22-9-6-18-11-14(22)16-19-7-8-20(16)2/h4-5,7-8,10,14,18H,3,6,9,11H2,1-2H3. The minimum Gasteiger partial charge on any atom is -0.408 e. The van der Waals surface area contributed by atoms with Gasteiger partial charge in [0.1, 0.15) is 5.82 Å². The van der Waals surface area contributed by atoms with Gasteiger partial charge < -0.3 is 14.3 Å². The van der Waals surface area contributed by atoms with E-state index < -0.39 is 21.8 Å². The fourth-order valence-electron chi connectivity index (χ4n) is 3.53. The number of sulfonamides is 1. The van der Waals surface area contributed by atoms with Crippen molar-refractivity contribution in [2.75, 3.05) is 19.6 Å². The van der Waals surface area contributed by atoms with E-state index in [0.29, 0.717) is 37.5 Å². The smallest absolute Gasteiger partial charge is 0.408 e. The van der Waals surface area contributed by atoms with E-state index >= 15 is 0 Å². The Morgan fingerprint density at radius 1 is 1.37 bits per heavy atom. The van der Waals surface area contributed by atoms with Gasteiger partial charge in [0.2, 0.25) is 10.0 Å². The van der Waals surface area contributed by atoms with Crippen molar-refractivity contribution >= 4 is 21.1 Å². The number of imidazole rings is 1. The zero-order chi connectivity index (χ0) is 19.2. The Balaban J connectivity index is 1.78. The minimum atomic E-state index is -3.79. The average molecular weight is 391 g/mol. The van der Waals surface area contributed by atoms with Gasteiger partial charge in [-0.2, -0.15) is 4.31 Å². The van der Waals surface area contributed by atoms with E-state index in [1.54, 1.807) is 18.5 Å². The number of nitrogens with one attached hydrogen (secondary N) is 1. The van der Waals surface area contributed by atoms with Crippen molar-refractivity contribution in [3.63, 3.8) is 0 Å². The molecule has 0 amide bonds. The Morgan fingerprint density at radius 2 is 2.19 bits per heavy atom. The highest BCUT2D eigenvalue weighted by Crippen LogP contribution is 2.29. The van der Waals surface area contributed by atoms with Crippen LogP contribution in [0.2, 0.25) is 0 Å². The molecule has 0 saturated carbocycles. The number of nitrogens with zero attached hydrogens (tertiary/aromatic N) is 4. The SMILES string of the molecule is CCn1c(=O)oc2cc(S(=O)(=O)N3CCNCC3c3nccn3C)ccc21. The predicted octanol–water partition coefficient (Wildman–Crippen LogP) is 0.683. The summed E-state index contributed by atoms with van der Waals surface area (Å²) in [6.07, 6.45) is 3.45. The third kappa shape index (κ3) is 2.89. The predicted molar refractivity (Wildman–Crippen MR) is 98.9 cm³/mol. The number of benzene rings is 1. The number of aromatic nitrogens is 3. The summed E-state index contributed by atoms with van der Waals surface area (Å²) >= 11 is 0. The second kappa shape index (κ2) is 6.63. The number of rotatable bonds is 4. The first-order valence-electron chi connectivity index (χ1n) is 8.76.